The fourth-order valence-corrected chi connectivity index (χ4v) is 2.94. The molecule has 3 heteroatoms. The topological polar surface area (TPSA) is 29.1 Å². The van der Waals surface area contributed by atoms with Crippen LogP contribution in [0.1, 0.15) is 29.5 Å². The minimum atomic E-state index is -0.328. The lowest BCUT2D eigenvalue weighted by molar-refractivity contribution is -0.118. The maximum Gasteiger partial charge on any atom is 0.235 e. The van der Waals surface area contributed by atoms with Crippen LogP contribution in [-0.4, -0.2) is 5.91 Å². The predicted octanol–water partition coefficient (Wildman–Crippen LogP) is 4.74. The van der Waals surface area contributed by atoms with Crippen LogP contribution in [0.3, 0.4) is 0 Å². The summed E-state index contributed by atoms with van der Waals surface area (Å²) in [5.41, 5.74) is 4.02. The quantitative estimate of drug-likeness (QED) is 0.856. The molecule has 21 heavy (non-hydrogen) atoms. The first kappa shape index (κ1) is 14.3. The van der Waals surface area contributed by atoms with Crippen LogP contribution in [0.15, 0.2) is 46.9 Å². The van der Waals surface area contributed by atoms with Crippen molar-refractivity contribution in [2.24, 2.45) is 0 Å². The Morgan fingerprint density at radius 3 is 2.33 bits per heavy atom. The number of carbonyl (C=O) groups is 1. The van der Waals surface area contributed by atoms with E-state index in [1.54, 1.807) is 0 Å². The summed E-state index contributed by atoms with van der Waals surface area (Å²) in [5.74, 6) is 0.0992. The van der Waals surface area contributed by atoms with Crippen molar-refractivity contribution in [3.63, 3.8) is 0 Å². The summed E-state index contributed by atoms with van der Waals surface area (Å²) in [6.45, 7) is 4.09. The van der Waals surface area contributed by atoms with Gasteiger partial charge in [0, 0.05) is 10.2 Å². The van der Waals surface area contributed by atoms with E-state index in [0.717, 1.165) is 34.1 Å². The third kappa shape index (κ3) is 2.75. The Morgan fingerprint density at radius 1 is 1.10 bits per heavy atom. The second-order valence-corrected chi connectivity index (χ2v) is 6.72. The minimum Gasteiger partial charge on any atom is -0.325 e. The van der Waals surface area contributed by atoms with Gasteiger partial charge in [0.25, 0.3) is 0 Å². The van der Waals surface area contributed by atoms with Crippen molar-refractivity contribution in [1.29, 1.82) is 0 Å². The number of halogens is 1. The van der Waals surface area contributed by atoms with Gasteiger partial charge in [-0.3, -0.25) is 4.79 Å². The summed E-state index contributed by atoms with van der Waals surface area (Å²) < 4.78 is 1.01. The molecule has 0 atom stereocenters. The Hall–Kier alpha value is -1.61. The number of nitrogens with one attached hydrogen (secondary N) is 1. The Morgan fingerprint density at radius 2 is 1.76 bits per heavy atom. The van der Waals surface area contributed by atoms with Crippen LogP contribution >= 0.6 is 15.9 Å². The van der Waals surface area contributed by atoms with Crippen LogP contribution in [0.2, 0.25) is 0 Å². The molecule has 0 spiro atoms. The number of anilines is 1. The van der Waals surface area contributed by atoms with E-state index in [-0.39, 0.29) is 11.3 Å². The molecule has 0 heterocycles. The predicted molar refractivity (Wildman–Crippen MR) is 89.6 cm³/mol. The van der Waals surface area contributed by atoms with E-state index in [1.165, 1.54) is 5.56 Å². The molecule has 0 bridgehead atoms. The molecule has 0 aromatic heterocycles. The van der Waals surface area contributed by atoms with Gasteiger partial charge in [-0.15, -0.1) is 0 Å². The molecule has 2 aromatic carbocycles. The van der Waals surface area contributed by atoms with Gasteiger partial charge in [0.1, 0.15) is 0 Å². The summed E-state index contributed by atoms with van der Waals surface area (Å²) in [4.78, 5) is 12.7. The number of aryl methyl sites for hydroxylation is 2. The van der Waals surface area contributed by atoms with E-state index in [1.807, 2.05) is 25.1 Å². The summed E-state index contributed by atoms with van der Waals surface area (Å²) in [7, 11) is 0. The molecule has 2 aromatic rings. The number of hydrogen-bond acceptors (Lipinski definition) is 1. The van der Waals surface area contributed by atoms with Crippen molar-refractivity contribution >= 4 is 27.5 Å². The van der Waals surface area contributed by atoms with Gasteiger partial charge in [-0.1, -0.05) is 51.8 Å². The smallest absolute Gasteiger partial charge is 0.235 e. The number of hydrogen-bond donors (Lipinski definition) is 1. The summed E-state index contributed by atoms with van der Waals surface area (Å²) in [5, 5.41) is 3.06. The number of benzene rings is 2. The molecule has 0 radical (unpaired) electrons. The van der Waals surface area contributed by atoms with Gasteiger partial charge >= 0.3 is 0 Å². The van der Waals surface area contributed by atoms with Crippen LogP contribution in [-0.2, 0) is 10.2 Å². The van der Waals surface area contributed by atoms with Crippen LogP contribution in [0.25, 0.3) is 0 Å². The fraction of sp³-hybridized carbons (Fsp3) is 0.278. The summed E-state index contributed by atoms with van der Waals surface area (Å²) >= 11 is 3.50. The van der Waals surface area contributed by atoms with Crippen molar-refractivity contribution in [2.75, 3.05) is 5.32 Å². The van der Waals surface area contributed by atoms with E-state index in [4.69, 9.17) is 0 Å². The molecule has 3 rings (SSSR count). The summed E-state index contributed by atoms with van der Waals surface area (Å²) in [6, 6.07) is 14.2. The first-order valence-corrected chi connectivity index (χ1v) is 7.95. The van der Waals surface area contributed by atoms with Gasteiger partial charge in [0.2, 0.25) is 5.91 Å². The highest BCUT2D eigenvalue weighted by molar-refractivity contribution is 9.10. The number of rotatable bonds is 3. The first-order valence-electron chi connectivity index (χ1n) is 7.16. The molecule has 1 fully saturated rings. The van der Waals surface area contributed by atoms with E-state index in [2.05, 4.69) is 52.4 Å². The Labute approximate surface area is 133 Å². The van der Waals surface area contributed by atoms with Gasteiger partial charge in [0.15, 0.2) is 0 Å². The molecule has 1 aliphatic carbocycles. The molecule has 0 aliphatic heterocycles. The van der Waals surface area contributed by atoms with Crippen LogP contribution < -0.4 is 5.32 Å². The van der Waals surface area contributed by atoms with Crippen molar-refractivity contribution in [1.82, 2.24) is 0 Å². The number of carbonyl (C=O) groups excluding carboxylic acids is 1. The van der Waals surface area contributed by atoms with Crippen LogP contribution in [0, 0.1) is 13.8 Å². The molecule has 1 N–H and O–H groups in total. The van der Waals surface area contributed by atoms with Crippen molar-refractivity contribution in [3.05, 3.63) is 63.6 Å². The van der Waals surface area contributed by atoms with Gasteiger partial charge in [-0.25, -0.2) is 0 Å². The number of amides is 1. The standard InChI is InChI=1S/C18H18BrNO/c1-12-3-6-14(7-4-12)18(9-10-18)17(21)20-15-8-5-13(2)16(19)11-15/h3-8,11H,9-10H2,1-2H3,(H,20,21). The van der Waals surface area contributed by atoms with E-state index >= 15 is 0 Å². The maximum atomic E-state index is 12.7. The third-order valence-corrected chi connectivity index (χ3v) is 5.07. The lowest BCUT2D eigenvalue weighted by Crippen LogP contribution is -2.27. The SMILES string of the molecule is Cc1ccc(C2(C(=O)Nc3ccc(C)c(Br)c3)CC2)cc1. The van der Waals surface area contributed by atoms with E-state index in [0.29, 0.717) is 0 Å². The maximum absolute atomic E-state index is 12.7. The fourth-order valence-electron chi connectivity index (χ4n) is 2.57. The zero-order valence-electron chi connectivity index (χ0n) is 12.2. The zero-order valence-corrected chi connectivity index (χ0v) is 13.8. The van der Waals surface area contributed by atoms with E-state index < -0.39 is 0 Å². The molecule has 0 saturated heterocycles. The minimum absolute atomic E-state index is 0.0992. The summed E-state index contributed by atoms with van der Waals surface area (Å²) in [6.07, 6.45) is 1.85. The van der Waals surface area contributed by atoms with Gasteiger partial charge in [0.05, 0.1) is 5.41 Å². The second kappa shape index (κ2) is 5.30. The highest BCUT2D eigenvalue weighted by Crippen LogP contribution is 2.49. The molecule has 1 aliphatic rings. The van der Waals surface area contributed by atoms with Crippen LogP contribution in [0.5, 0.6) is 0 Å². The van der Waals surface area contributed by atoms with Crippen molar-refractivity contribution in [2.45, 2.75) is 32.1 Å². The highest BCUT2D eigenvalue weighted by Gasteiger charge is 2.51. The Bertz CT molecular complexity index is 687. The van der Waals surface area contributed by atoms with E-state index in [9.17, 15) is 4.79 Å². The molecule has 2 nitrogen and oxygen atoms in total. The van der Waals surface area contributed by atoms with Gasteiger partial charge < -0.3 is 5.32 Å². The van der Waals surface area contributed by atoms with Crippen LogP contribution in [0.4, 0.5) is 5.69 Å². The highest BCUT2D eigenvalue weighted by atomic mass is 79.9. The molecular formula is C18H18BrNO. The average molecular weight is 344 g/mol. The largest absolute Gasteiger partial charge is 0.325 e. The Kier molecular flexibility index (Phi) is 3.62. The third-order valence-electron chi connectivity index (χ3n) is 4.22. The molecule has 1 saturated carbocycles. The second-order valence-electron chi connectivity index (χ2n) is 5.87. The zero-order chi connectivity index (χ0) is 15.0. The Balaban J connectivity index is 1.81. The average Bonchev–Trinajstić information content (AvgIpc) is 3.25. The van der Waals surface area contributed by atoms with Crippen molar-refractivity contribution in [3.8, 4) is 0 Å². The van der Waals surface area contributed by atoms with Gasteiger partial charge in [-0.2, -0.15) is 0 Å². The lowest BCUT2D eigenvalue weighted by Gasteiger charge is -2.16. The lowest BCUT2D eigenvalue weighted by atomic mass is 9.94. The van der Waals surface area contributed by atoms with Gasteiger partial charge in [-0.05, 0) is 49.9 Å². The molecular weight excluding hydrogens is 326 g/mol. The molecule has 108 valence electrons. The monoisotopic (exact) mass is 343 g/mol. The molecule has 0 unspecified atom stereocenters. The molecule has 1 amide bonds. The first-order chi connectivity index (χ1) is 10.0. The van der Waals surface area contributed by atoms with Crippen molar-refractivity contribution < 1.29 is 4.79 Å². The normalized spacial score (nSPS) is 15.6.